The molecule has 0 aliphatic heterocycles. The van der Waals surface area contributed by atoms with Gasteiger partial charge >= 0.3 is 5.69 Å². The number of aromatic amines is 1. The molecule has 10 nitrogen and oxygen atoms in total. The molecule has 0 saturated heterocycles. The van der Waals surface area contributed by atoms with Crippen molar-refractivity contribution in [1.82, 2.24) is 19.9 Å². The van der Waals surface area contributed by atoms with Gasteiger partial charge in [0.05, 0.1) is 32.3 Å². The van der Waals surface area contributed by atoms with Crippen LogP contribution in [0.25, 0.3) is 11.0 Å². The van der Waals surface area contributed by atoms with Crippen LogP contribution in [-0.2, 0) is 13.1 Å². The molecule has 3 aromatic rings. The summed E-state index contributed by atoms with van der Waals surface area (Å²) in [5.41, 5.74) is 0.730. The van der Waals surface area contributed by atoms with Crippen molar-refractivity contribution < 1.29 is 19.0 Å². The van der Waals surface area contributed by atoms with Crippen LogP contribution in [0.4, 0.5) is 0 Å². The molecule has 1 saturated carbocycles. The van der Waals surface area contributed by atoms with Crippen molar-refractivity contribution in [3.8, 4) is 17.2 Å². The first kappa shape index (κ1) is 24.3. The van der Waals surface area contributed by atoms with E-state index in [-0.39, 0.29) is 35.0 Å². The number of carbonyl (C=O) groups excluding carboxylic acids is 1. The summed E-state index contributed by atoms with van der Waals surface area (Å²) in [5, 5.41) is 2.99. The van der Waals surface area contributed by atoms with Crippen molar-refractivity contribution in [2.75, 3.05) is 21.3 Å². The summed E-state index contributed by atoms with van der Waals surface area (Å²) in [6.45, 7) is 4.47. The summed E-state index contributed by atoms with van der Waals surface area (Å²) in [6, 6.07) is 5.16. The minimum Gasteiger partial charge on any atom is -0.493 e. The molecule has 2 aromatic heterocycles. The molecule has 0 radical (unpaired) electrons. The predicted octanol–water partition coefficient (Wildman–Crippen LogP) is 2.57. The Kier molecular flexibility index (Phi) is 6.81. The first-order chi connectivity index (χ1) is 16.8. The number of ether oxygens (including phenoxy) is 3. The van der Waals surface area contributed by atoms with E-state index in [0.717, 1.165) is 24.1 Å². The summed E-state index contributed by atoms with van der Waals surface area (Å²) in [5.74, 6) is 1.32. The maximum Gasteiger partial charge on any atom is 0.330 e. The second kappa shape index (κ2) is 9.81. The fraction of sp³-hybridized carbons (Fsp3) is 0.440. The van der Waals surface area contributed by atoms with Gasteiger partial charge in [-0.3, -0.25) is 19.1 Å². The van der Waals surface area contributed by atoms with Crippen LogP contribution in [0.1, 0.15) is 54.2 Å². The Morgan fingerprint density at radius 1 is 1.11 bits per heavy atom. The van der Waals surface area contributed by atoms with E-state index in [4.69, 9.17) is 14.2 Å². The molecular weight excluding hydrogens is 452 g/mol. The second-order valence-electron chi connectivity index (χ2n) is 9.05. The molecule has 0 unspecified atom stereocenters. The highest BCUT2D eigenvalue weighted by Crippen LogP contribution is 2.40. The van der Waals surface area contributed by atoms with E-state index in [2.05, 4.69) is 15.3 Å². The Morgan fingerprint density at radius 3 is 2.31 bits per heavy atom. The molecule has 1 amide bonds. The van der Waals surface area contributed by atoms with Crippen molar-refractivity contribution in [3.05, 3.63) is 55.9 Å². The molecule has 0 spiro atoms. The van der Waals surface area contributed by atoms with E-state index >= 15 is 0 Å². The maximum atomic E-state index is 13.4. The summed E-state index contributed by atoms with van der Waals surface area (Å²) in [4.78, 5) is 45.8. The minimum absolute atomic E-state index is 0.108. The van der Waals surface area contributed by atoms with Gasteiger partial charge in [0, 0.05) is 24.7 Å². The third-order valence-corrected chi connectivity index (χ3v) is 5.93. The Morgan fingerprint density at radius 2 is 1.77 bits per heavy atom. The quantitative estimate of drug-likeness (QED) is 0.480. The van der Waals surface area contributed by atoms with Gasteiger partial charge < -0.3 is 19.5 Å². The predicted molar refractivity (Wildman–Crippen MR) is 131 cm³/mol. The highest BCUT2D eigenvalue weighted by atomic mass is 16.5. The summed E-state index contributed by atoms with van der Waals surface area (Å²) in [7, 11) is 4.56. The van der Waals surface area contributed by atoms with Gasteiger partial charge in [-0.1, -0.05) is 13.8 Å². The Balaban J connectivity index is 1.75. The van der Waals surface area contributed by atoms with E-state index in [1.165, 1.54) is 25.9 Å². The van der Waals surface area contributed by atoms with Crippen LogP contribution in [0.5, 0.6) is 17.2 Å². The Bertz CT molecular complexity index is 1360. The van der Waals surface area contributed by atoms with Gasteiger partial charge in [-0.05, 0) is 42.5 Å². The molecule has 0 atom stereocenters. The standard InChI is InChI=1S/C25H30N4O6/c1-13(2)12-29-22-20(24(31)28-25(29)32)16(10-17(27-22)15-6-7-15)23(30)26-11-14-8-18(33-3)21(35-5)19(9-14)34-4/h8-10,13,15H,6-7,11-12H2,1-5H3,(H,26,30)(H,28,31,32). The van der Waals surface area contributed by atoms with Crippen molar-refractivity contribution in [2.24, 2.45) is 5.92 Å². The highest BCUT2D eigenvalue weighted by molar-refractivity contribution is 6.05. The SMILES string of the molecule is COc1cc(CNC(=O)c2cc(C3CC3)nc3c2c(=O)[nH]c(=O)n3CC(C)C)cc(OC)c1OC. The Hall–Kier alpha value is -3.82. The second-order valence-corrected chi connectivity index (χ2v) is 9.05. The molecule has 1 aliphatic carbocycles. The lowest BCUT2D eigenvalue weighted by atomic mass is 10.1. The van der Waals surface area contributed by atoms with Gasteiger partial charge in [0.1, 0.15) is 0 Å². The van der Waals surface area contributed by atoms with Crippen LogP contribution in [0.15, 0.2) is 27.8 Å². The molecular formula is C25H30N4O6. The molecule has 1 aliphatic rings. The van der Waals surface area contributed by atoms with Crippen molar-refractivity contribution in [2.45, 2.75) is 45.7 Å². The molecule has 10 heteroatoms. The number of rotatable bonds is 9. The summed E-state index contributed by atoms with van der Waals surface area (Å²) < 4.78 is 17.6. The van der Waals surface area contributed by atoms with Gasteiger partial charge in [0.2, 0.25) is 5.75 Å². The largest absolute Gasteiger partial charge is 0.493 e. The van der Waals surface area contributed by atoms with Crippen LogP contribution in [0, 0.1) is 5.92 Å². The fourth-order valence-electron chi connectivity index (χ4n) is 4.11. The molecule has 35 heavy (non-hydrogen) atoms. The molecule has 4 rings (SSSR count). The lowest BCUT2D eigenvalue weighted by molar-refractivity contribution is 0.0952. The van der Waals surface area contributed by atoms with Gasteiger partial charge in [-0.25, -0.2) is 9.78 Å². The van der Waals surface area contributed by atoms with E-state index in [0.29, 0.717) is 23.8 Å². The van der Waals surface area contributed by atoms with Crippen LogP contribution >= 0.6 is 0 Å². The third kappa shape index (κ3) is 4.87. The van der Waals surface area contributed by atoms with Crippen molar-refractivity contribution in [1.29, 1.82) is 0 Å². The van der Waals surface area contributed by atoms with Gasteiger partial charge in [0.15, 0.2) is 17.1 Å². The number of benzene rings is 1. The molecule has 2 heterocycles. The van der Waals surface area contributed by atoms with Crippen LogP contribution < -0.4 is 30.8 Å². The first-order valence-corrected chi connectivity index (χ1v) is 11.5. The van der Waals surface area contributed by atoms with E-state index < -0.39 is 17.2 Å². The first-order valence-electron chi connectivity index (χ1n) is 11.5. The zero-order valence-corrected chi connectivity index (χ0v) is 20.6. The van der Waals surface area contributed by atoms with E-state index in [1.54, 1.807) is 18.2 Å². The van der Waals surface area contributed by atoms with Crippen LogP contribution in [-0.4, -0.2) is 41.8 Å². The van der Waals surface area contributed by atoms with Gasteiger partial charge in [-0.2, -0.15) is 0 Å². The monoisotopic (exact) mass is 482 g/mol. The lowest BCUT2D eigenvalue weighted by Crippen LogP contribution is -2.34. The minimum atomic E-state index is -0.627. The number of hydrogen-bond acceptors (Lipinski definition) is 7. The number of pyridine rings is 1. The van der Waals surface area contributed by atoms with Crippen LogP contribution in [0.2, 0.25) is 0 Å². The number of hydrogen-bond donors (Lipinski definition) is 2. The molecule has 2 N–H and O–H groups in total. The number of aromatic nitrogens is 3. The average Bonchev–Trinajstić information content (AvgIpc) is 3.69. The number of H-pyrrole nitrogens is 1. The number of methoxy groups -OCH3 is 3. The summed E-state index contributed by atoms with van der Waals surface area (Å²) >= 11 is 0. The van der Waals surface area contributed by atoms with E-state index in [1.807, 2.05) is 13.8 Å². The van der Waals surface area contributed by atoms with Crippen molar-refractivity contribution >= 4 is 16.9 Å². The highest BCUT2D eigenvalue weighted by Gasteiger charge is 2.29. The maximum absolute atomic E-state index is 13.4. The smallest absolute Gasteiger partial charge is 0.330 e. The average molecular weight is 483 g/mol. The molecule has 0 bridgehead atoms. The molecule has 186 valence electrons. The van der Waals surface area contributed by atoms with Crippen molar-refractivity contribution in [3.63, 3.8) is 0 Å². The van der Waals surface area contributed by atoms with Crippen LogP contribution in [0.3, 0.4) is 0 Å². The number of fused-ring (bicyclic) bond motifs is 1. The normalized spacial score (nSPS) is 13.2. The number of carbonyl (C=O) groups is 1. The van der Waals surface area contributed by atoms with E-state index in [9.17, 15) is 14.4 Å². The zero-order valence-electron chi connectivity index (χ0n) is 20.6. The molecule has 1 aromatic carbocycles. The fourth-order valence-corrected chi connectivity index (χ4v) is 4.11. The molecule has 1 fully saturated rings. The van der Waals surface area contributed by atoms with Gasteiger partial charge in [0.25, 0.3) is 11.5 Å². The summed E-state index contributed by atoms with van der Waals surface area (Å²) in [6.07, 6.45) is 1.92. The number of amides is 1. The third-order valence-electron chi connectivity index (χ3n) is 5.93. The topological polar surface area (TPSA) is 125 Å². The number of nitrogens with zero attached hydrogens (tertiary/aromatic N) is 2. The van der Waals surface area contributed by atoms with Gasteiger partial charge in [-0.15, -0.1) is 0 Å². The lowest BCUT2D eigenvalue weighted by Gasteiger charge is -2.16. The Labute approximate surface area is 202 Å². The number of nitrogens with one attached hydrogen (secondary N) is 2. The zero-order chi connectivity index (χ0) is 25.3.